The van der Waals surface area contributed by atoms with Crippen LogP contribution in [0.4, 0.5) is 0 Å². The number of carbonyl (C=O) groups excluding carboxylic acids is 1. The Hall–Kier alpha value is -2.24. The molecule has 0 saturated heterocycles. The molecule has 1 aromatic rings. The van der Waals surface area contributed by atoms with E-state index in [0.29, 0.717) is 6.42 Å². The molecule has 6 heteroatoms. The first kappa shape index (κ1) is 14.8. The van der Waals surface area contributed by atoms with Crippen LogP contribution in [-0.4, -0.2) is 33.2 Å². The van der Waals surface area contributed by atoms with E-state index in [1.54, 1.807) is 6.92 Å². The molecule has 0 aliphatic heterocycles. The largest absolute Gasteiger partial charge is 0.504 e. The topological polar surface area (TPSA) is 107 Å². The second-order valence-corrected chi connectivity index (χ2v) is 4.35. The van der Waals surface area contributed by atoms with Gasteiger partial charge in [-0.1, -0.05) is 26.3 Å². The lowest BCUT2D eigenvalue weighted by atomic mass is 9.99. The van der Waals surface area contributed by atoms with Crippen LogP contribution in [0.25, 0.3) is 0 Å². The molecule has 0 spiro atoms. The number of nitrogens with one attached hydrogen (secondary N) is 1. The second-order valence-electron chi connectivity index (χ2n) is 4.35. The maximum absolute atomic E-state index is 11.9. The van der Waals surface area contributed by atoms with E-state index in [-0.39, 0.29) is 11.5 Å². The van der Waals surface area contributed by atoms with Gasteiger partial charge in [0.2, 0.25) is 0 Å². The van der Waals surface area contributed by atoms with Gasteiger partial charge in [-0.05, 0) is 18.1 Å². The summed E-state index contributed by atoms with van der Waals surface area (Å²) in [6.45, 7) is 3.53. The van der Waals surface area contributed by atoms with Crippen LogP contribution in [0.5, 0.6) is 11.5 Å². The van der Waals surface area contributed by atoms with Crippen molar-refractivity contribution in [3.63, 3.8) is 0 Å². The fraction of sp³-hybridized carbons (Fsp3) is 0.385. The summed E-state index contributed by atoms with van der Waals surface area (Å²) in [7, 11) is 0. The number of rotatable bonds is 5. The van der Waals surface area contributed by atoms with E-state index in [1.807, 2.05) is 6.92 Å². The summed E-state index contributed by atoms with van der Waals surface area (Å²) in [5, 5.41) is 30.3. The average Bonchev–Trinajstić information content (AvgIpc) is 2.37. The molecule has 1 rings (SSSR count). The first-order valence-corrected chi connectivity index (χ1v) is 5.93. The normalized spacial score (nSPS) is 13.6. The zero-order valence-corrected chi connectivity index (χ0v) is 10.8. The lowest BCUT2D eigenvalue weighted by molar-refractivity contribution is -0.140. The van der Waals surface area contributed by atoms with Crippen LogP contribution in [0.15, 0.2) is 18.2 Å². The highest BCUT2D eigenvalue weighted by Gasteiger charge is 2.26. The van der Waals surface area contributed by atoms with Crippen molar-refractivity contribution in [1.82, 2.24) is 5.32 Å². The number of carbonyl (C=O) groups is 2. The van der Waals surface area contributed by atoms with Crippen molar-refractivity contribution in [3.05, 3.63) is 23.8 Å². The van der Waals surface area contributed by atoms with Crippen LogP contribution in [-0.2, 0) is 4.79 Å². The number of hydrogen-bond donors (Lipinski definition) is 4. The van der Waals surface area contributed by atoms with Crippen LogP contribution in [0.3, 0.4) is 0 Å². The van der Waals surface area contributed by atoms with Gasteiger partial charge < -0.3 is 20.6 Å². The van der Waals surface area contributed by atoms with E-state index in [9.17, 15) is 19.8 Å². The molecule has 104 valence electrons. The van der Waals surface area contributed by atoms with Gasteiger partial charge in [0, 0.05) is 0 Å². The van der Waals surface area contributed by atoms with Gasteiger partial charge in [-0.3, -0.25) is 4.79 Å². The number of para-hydroxylation sites is 1. The van der Waals surface area contributed by atoms with E-state index in [2.05, 4.69) is 5.32 Å². The molecule has 1 unspecified atom stereocenters. The van der Waals surface area contributed by atoms with Gasteiger partial charge in [-0.15, -0.1) is 0 Å². The number of phenols is 2. The summed E-state index contributed by atoms with van der Waals surface area (Å²) in [6.07, 6.45) is 0.587. The molecule has 4 N–H and O–H groups in total. The molecular formula is C13H17NO5. The summed E-state index contributed by atoms with van der Waals surface area (Å²) >= 11 is 0. The molecular weight excluding hydrogens is 250 g/mol. The molecule has 1 amide bonds. The predicted molar refractivity (Wildman–Crippen MR) is 68.1 cm³/mol. The Labute approximate surface area is 110 Å². The van der Waals surface area contributed by atoms with Gasteiger partial charge in [-0.25, -0.2) is 4.79 Å². The molecule has 0 aromatic heterocycles. The number of aromatic hydroxyl groups is 2. The maximum Gasteiger partial charge on any atom is 0.326 e. The quantitative estimate of drug-likeness (QED) is 0.602. The van der Waals surface area contributed by atoms with Crippen molar-refractivity contribution in [2.24, 2.45) is 5.92 Å². The van der Waals surface area contributed by atoms with E-state index in [0.717, 1.165) is 0 Å². The Bertz CT molecular complexity index is 486. The standard InChI is InChI=1S/C13H17NO5/c1-3-7(2)10(13(18)19)14-12(17)8-5-4-6-9(15)11(8)16/h4-7,10,15-16H,3H2,1-2H3,(H,14,17)(H,18,19)/t7?,10-/m0/s1. The van der Waals surface area contributed by atoms with Gasteiger partial charge in [0.15, 0.2) is 11.5 Å². The molecule has 0 heterocycles. The SMILES string of the molecule is CCC(C)[C@H](NC(=O)c1cccc(O)c1O)C(=O)O. The number of carboxylic acids is 1. The molecule has 19 heavy (non-hydrogen) atoms. The third kappa shape index (κ3) is 3.37. The molecule has 0 radical (unpaired) electrons. The first-order chi connectivity index (χ1) is 8.88. The van der Waals surface area contributed by atoms with Crippen molar-refractivity contribution < 1.29 is 24.9 Å². The summed E-state index contributed by atoms with van der Waals surface area (Å²) in [5.74, 6) is -3.11. The Kier molecular flexibility index (Phi) is 4.74. The van der Waals surface area contributed by atoms with Crippen molar-refractivity contribution in [2.45, 2.75) is 26.3 Å². The van der Waals surface area contributed by atoms with Gasteiger partial charge in [-0.2, -0.15) is 0 Å². The Balaban J connectivity index is 2.94. The summed E-state index contributed by atoms with van der Waals surface area (Å²) < 4.78 is 0. The number of amides is 1. The average molecular weight is 267 g/mol. The summed E-state index contributed by atoms with van der Waals surface area (Å²) in [4.78, 5) is 23.0. The van der Waals surface area contributed by atoms with Crippen molar-refractivity contribution in [1.29, 1.82) is 0 Å². The zero-order valence-electron chi connectivity index (χ0n) is 10.8. The molecule has 0 aliphatic rings. The van der Waals surface area contributed by atoms with E-state index in [4.69, 9.17) is 5.11 Å². The van der Waals surface area contributed by atoms with Crippen LogP contribution < -0.4 is 5.32 Å². The van der Waals surface area contributed by atoms with Gasteiger partial charge in [0.25, 0.3) is 5.91 Å². The van der Waals surface area contributed by atoms with E-state index >= 15 is 0 Å². The summed E-state index contributed by atoms with van der Waals surface area (Å²) in [6, 6.07) is 2.89. The lowest BCUT2D eigenvalue weighted by Crippen LogP contribution is -2.45. The van der Waals surface area contributed by atoms with Gasteiger partial charge >= 0.3 is 5.97 Å². The zero-order chi connectivity index (χ0) is 14.6. The maximum atomic E-state index is 11.9. The van der Waals surface area contributed by atoms with E-state index in [1.165, 1.54) is 18.2 Å². The molecule has 6 nitrogen and oxygen atoms in total. The van der Waals surface area contributed by atoms with Crippen LogP contribution in [0.1, 0.15) is 30.6 Å². The number of phenolic OH excluding ortho intramolecular Hbond substituents is 2. The van der Waals surface area contributed by atoms with Crippen molar-refractivity contribution in [2.75, 3.05) is 0 Å². The van der Waals surface area contributed by atoms with Crippen molar-refractivity contribution >= 4 is 11.9 Å². The molecule has 0 fully saturated rings. The second kappa shape index (κ2) is 6.08. The lowest BCUT2D eigenvalue weighted by Gasteiger charge is -2.20. The minimum atomic E-state index is -1.14. The molecule has 2 atom stereocenters. The van der Waals surface area contributed by atoms with Crippen molar-refractivity contribution in [3.8, 4) is 11.5 Å². The highest BCUT2D eigenvalue weighted by atomic mass is 16.4. The minimum Gasteiger partial charge on any atom is -0.504 e. The third-order valence-electron chi connectivity index (χ3n) is 3.02. The first-order valence-electron chi connectivity index (χ1n) is 5.93. The highest BCUT2D eigenvalue weighted by Crippen LogP contribution is 2.28. The Morgan fingerprint density at radius 3 is 2.47 bits per heavy atom. The highest BCUT2D eigenvalue weighted by molar-refractivity contribution is 5.99. The molecule has 0 saturated carbocycles. The molecule has 0 aliphatic carbocycles. The van der Waals surface area contributed by atoms with Gasteiger partial charge in [0.05, 0.1) is 5.56 Å². The predicted octanol–water partition coefficient (Wildman–Crippen LogP) is 1.33. The fourth-order valence-electron chi connectivity index (χ4n) is 1.62. The van der Waals surface area contributed by atoms with Crippen LogP contribution >= 0.6 is 0 Å². The van der Waals surface area contributed by atoms with Crippen LogP contribution in [0.2, 0.25) is 0 Å². The Morgan fingerprint density at radius 2 is 1.95 bits per heavy atom. The fourth-order valence-corrected chi connectivity index (χ4v) is 1.62. The molecule has 0 bridgehead atoms. The minimum absolute atomic E-state index is 0.158. The summed E-state index contributed by atoms with van der Waals surface area (Å²) in [5.41, 5.74) is -0.158. The molecule has 1 aromatic carbocycles. The number of aliphatic carboxylic acids is 1. The number of hydrogen-bond acceptors (Lipinski definition) is 4. The monoisotopic (exact) mass is 267 g/mol. The van der Waals surface area contributed by atoms with Crippen LogP contribution in [0, 0.1) is 5.92 Å². The number of carboxylic acid groups (broad SMARTS) is 1. The third-order valence-corrected chi connectivity index (χ3v) is 3.02. The smallest absolute Gasteiger partial charge is 0.326 e. The number of benzene rings is 1. The van der Waals surface area contributed by atoms with E-state index < -0.39 is 29.4 Å². The van der Waals surface area contributed by atoms with Gasteiger partial charge in [0.1, 0.15) is 6.04 Å². The Morgan fingerprint density at radius 1 is 1.32 bits per heavy atom.